The average molecular weight is 374 g/mol. The van der Waals surface area contributed by atoms with Gasteiger partial charge in [0.05, 0.1) is 5.56 Å². The van der Waals surface area contributed by atoms with Crippen LogP contribution < -0.4 is 4.57 Å². The third-order valence-corrected chi connectivity index (χ3v) is 6.68. The topological polar surface area (TPSA) is 16.8 Å². The first-order valence-electron chi connectivity index (χ1n) is 10.7. The van der Waals surface area contributed by atoms with Crippen molar-refractivity contribution in [1.82, 2.24) is 4.98 Å². The highest BCUT2D eigenvalue weighted by Gasteiger charge is 2.23. The van der Waals surface area contributed by atoms with Gasteiger partial charge in [0, 0.05) is 6.07 Å². The Morgan fingerprint density at radius 3 is 2.39 bits per heavy atom. The number of aryl methyl sites for hydroxylation is 2. The second-order valence-corrected chi connectivity index (χ2v) is 9.65. The van der Waals surface area contributed by atoms with Gasteiger partial charge < -0.3 is 0 Å². The zero-order valence-corrected chi connectivity index (χ0v) is 18.3. The van der Waals surface area contributed by atoms with Crippen molar-refractivity contribution in [2.75, 3.05) is 0 Å². The van der Waals surface area contributed by atoms with Crippen molar-refractivity contribution < 1.29 is 4.57 Å². The zero-order chi connectivity index (χ0) is 20.1. The monoisotopic (exact) mass is 373 g/mol. The third kappa shape index (κ3) is 3.34. The molecule has 28 heavy (non-hydrogen) atoms. The molecule has 1 saturated carbocycles. The van der Waals surface area contributed by atoms with Gasteiger partial charge in [-0.1, -0.05) is 45.7 Å². The van der Waals surface area contributed by atoms with Crippen molar-refractivity contribution in [3.05, 3.63) is 58.8 Å². The van der Waals surface area contributed by atoms with Gasteiger partial charge >= 0.3 is 0 Å². The lowest BCUT2D eigenvalue weighted by Crippen LogP contribution is -2.33. The highest BCUT2D eigenvalue weighted by molar-refractivity contribution is 5.74. The molecule has 4 rings (SSSR count). The minimum atomic E-state index is 0.131. The Bertz CT molecular complexity index is 1030. The first-order chi connectivity index (χ1) is 13.3. The molecule has 0 bridgehead atoms. The number of hydrogen-bond acceptors (Lipinski definition) is 1. The Morgan fingerprint density at radius 1 is 1.00 bits per heavy atom. The number of aromatic nitrogens is 2. The molecule has 0 radical (unpaired) electrons. The summed E-state index contributed by atoms with van der Waals surface area (Å²) in [6.45, 7) is 11.3. The predicted octanol–water partition coefficient (Wildman–Crippen LogP) is 6.30. The van der Waals surface area contributed by atoms with E-state index < -0.39 is 0 Å². The number of rotatable bonds is 2. The molecule has 1 aromatic heterocycles. The zero-order valence-electron chi connectivity index (χ0n) is 18.3. The Morgan fingerprint density at radius 2 is 1.71 bits per heavy atom. The van der Waals surface area contributed by atoms with E-state index in [1.165, 1.54) is 64.7 Å². The lowest BCUT2D eigenvalue weighted by atomic mass is 9.83. The molecule has 0 unspecified atom stereocenters. The van der Waals surface area contributed by atoms with Gasteiger partial charge in [-0.25, -0.2) is 4.98 Å². The van der Waals surface area contributed by atoms with Gasteiger partial charge in [0.15, 0.2) is 0 Å². The van der Waals surface area contributed by atoms with Gasteiger partial charge in [0.2, 0.25) is 11.2 Å². The lowest BCUT2D eigenvalue weighted by molar-refractivity contribution is -0.634. The van der Waals surface area contributed by atoms with Crippen LogP contribution in [0.15, 0.2) is 36.5 Å². The molecular formula is C26H33N2+. The van der Waals surface area contributed by atoms with Gasteiger partial charge in [0.1, 0.15) is 18.8 Å². The van der Waals surface area contributed by atoms with Gasteiger partial charge in [-0.2, -0.15) is 4.57 Å². The van der Waals surface area contributed by atoms with E-state index in [9.17, 15) is 0 Å². The molecule has 1 aliphatic rings. The van der Waals surface area contributed by atoms with Crippen LogP contribution in [0.4, 0.5) is 0 Å². The molecular weight excluding hydrogens is 340 g/mol. The van der Waals surface area contributed by atoms with Crippen molar-refractivity contribution in [2.45, 2.75) is 71.6 Å². The van der Waals surface area contributed by atoms with Crippen LogP contribution in [0.2, 0.25) is 0 Å². The van der Waals surface area contributed by atoms with Crippen LogP contribution in [-0.2, 0) is 12.5 Å². The molecule has 0 spiro atoms. The Balaban J connectivity index is 1.89. The van der Waals surface area contributed by atoms with Crippen LogP contribution in [0.1, 0.15) is 74.6 Å². The molecule has 0 aliphatic heterocycles. The standard InChI is InChI=1S/C26H33N2/c1-17-13-21(26(3,4)5)15-22(18(17)2)25-16-27-23-12-11-20(14-24(23)28(25)6)19-9-7-8-10-19/h11-16,19H,7-10H2,1-6H3/q+1. The number of fused-ring (bicyclic) bond motifs is 1. The smallest absolute Gasteiger partial charge is 0.231 e. The first kappa shape index (κ1) is 19.1. The summed E-state index contributed by atoms with van der Waals surface area (Å²) >= 11 is 0. The van der Waals surface area contributed by atoms with E-state index >= 15 is 0 Å². The van der Waals surface area contributed by atoms with E-state index in [2.05, 4.69) is 76.6 Å². The molecule has 0 amide bonds. The van der Waals surface area contributed by atoms with E-state index in [1.54, 1.807) is 0 Å². The molecule has 0 saturated heterocycles. The fourth-order valence-electron chi connectivity index (χ4n) is 4.59. The summed E-state index contributed by atoms with van der Waals surface area (Å²) in [5, 5.41) is 0. The maximum absolute atomic E-state index is 4.83. The van der Waals surface area contributed by atoms with Crippen LogP contribution in [-0.4, -0.2) is 4.98 Å². The molecule has 1 heterocycles. The summed E-state index contributed by atoms with van der Waals surface area (Å²) in [7, 11) is 2.19. The summed E-state index contributed by atoms with van der Waals surface area (Å²) in [4.78, 5) is 4.83. The predicted molar refractivity (Wildman–Crippen MR) is 118 cm³/mol. The minimum absolute atomic E-state index is 0.131. The average Bonchev–Trinajstić information content (AvgIpc) is 3.18. The van der Waals surface area contributed by atoms with Gasteiger partial charge in [-0.15, -0.1) is 0 Å². The Labute approximate surface area is 169 Å². The summed E-state index contributed by atoms with van der Waals surface area (Å²) < 4.78 is 2.34. The SMILES string of the molecule is Cc1cc(C(C)(C)C)cc(-c2cnc3ccc(C4CCCC4)cc3[n+]2C)c1C. The second-order valence-electron chi connectivity index (χ2n) is 9.65. The Kier molecular flexibility index (Phi) is 4.77. The third-order valence-electron chi connectivity index (χ3n) is 6.68. The van der Waals surface area contributed by atoms with E-state index in [-0.39, 0.29) is 5.41 Å². The van der Waals surface area contributed by atoms with Crippen LogP contribution in [0, 0.1) is 13.8 Å². The molecule has 2 heteroatoms. The maximum Gasteiger partial charge on any atom is 0.231 e. The van der Waals surface area contributed by atoms with E-state index in [0.29, 0.717) is 0 Å². The highest BCUT2D eigenvalue weighted by atomic mass is 15.0. The van der Waals surface area contributed by atoms with Crippen LogP contribution in [0.25, 0.3) is 22.3 Å². The molecule has 2 aromatic carbocycles. The molecule has 3 aromatic rings. The molecule has 146 valence electrons. The number of hydrogen-bond donors (Lipinski definition) is 0. The molecule has 1 fully saturated rings. The fourth-order valence-corrected chi connectivity index (χ4v) is 4.59. The normalized spacial score (nSPS) is 15.5. The second kappa shape index (κ2) is 6.99. The molecule has 1 aliphatic carbocycles. The molecule has 2 nitrogen and oxygen atoms in total. The lowest BCUT2D eigenvalue weighted by Gasteiger charge is -2.22. The summed E-state index contributed by atoms with van der Waals surface area (Å²) in [5.41, 5.74) is 10.5. The molecule has 0 N–H and O–H groups in total. The fraction of sp³-hybridized carbons (Fsp3) is 0.462. The number of nitrogens with zero attached hydrogens (tertiary/aromatic N) is 2. The Hall–Kier alpha value is -2.22. The van der Waals surface area contributed by atoms with Gasteiger partial charge in [-0.05, 0) is 72.4 Å². The highest BCUT2D eigenvalue weighted by Crippen LogP contribution is 2.35. The largest absolute Gasteiger partial charge is 0.243 e. The van der Waals surface area contributed by atoms with Crippen molar-refractivity contribution in [3.8, 4) is 11.3 Å². The quantitative estimate of drug-likeness (QED) is 0.482. The molecule has 0 atom stereocenters. The number of benzene rings is 2. The van der Waals surface area contributed by atoms with E-state index in [4.69, 9.17) is 4.98 Å². The minimum Gasteiger partial charge on any atom is -0.243 e. The first-order valence-corrected chi connectivity index (χ1v) is 10.7. The van der Waals surface area contributed by atoms with E-state index in [1.807, 2.05) is 6.20 Å². The van der Waals surface area contributed by atoms with Crippen molar-refractivity contribution in [2.24, 2.45) is 7.05 Å². The summed E-state index contributed by atoms with van der Waals surface area (Å²) in [6.07, 6.45) is 7.44. The maximum atomic E-state index is 4.83. The van der Waals surface area contributed by atoms with Crippen molar-refractivity contribution in [3.63, 3.8) is 0 Å². The van der Waals surface area contributed by atoms with Crippen LogP contribution >= 0.6 is 0 Å². The van der Waals surface area contributed by atoms with Gasteiger partial charge in [-0.3, -0.25) is 0 Å². The van der Waals surface area contributed by atoms with Crippen molar-refractivity contribution in [1.29, 1.82) is 0 Å². The van der Waals surface area contributed by atoms with Gasteiger partial charge in [0.25, 0.3) is 0 Å². The summed E-state index contributed by atoms with van der Waals surface area (Å²) in [6, 6.07) is 11.6. The van der Waals surface area contributed by atoms with E-state index in [0.717, 1.165) is 11.4 Å². The summed E-state index contributed by atoms with van der Waals surface area (Å²) in [5.74, 6) is 0.723. The van der Waals surface area contributed by atoms with Crippen LogP contribution in [0.5, 0.6) is 0 Å². The van der Waals surface area contributed by atoms with Crippen molar-refractivity contribution >= 4 is 11.0 Å². The van der Waals surface area contributed by atoms with Crippen LogP contribution in [0.3, 0.4) is 0 Å².